The number of hydrogen-bond donors (Lipinski definition) is 1. The van der Waals surface area contributed by atoms with Gasteiger partial charge in [-0.05, 0) is 30.7 Å². The Kier molecular flexibility index (Phi) is 4.53. The molecule has 4 nitrogen and oxygen atoms in total. The van der Waals surface area contributed by atoms with Gasteiger partial charge in [0.05, 0.1) is 17.2 Å². The third-order valence-electron chi connectivity index (χ3n) is 2.82. The summed E-state index contributed by atoms with van der Waals surface area (Å²) in [4.78, 5) is 17.0. The molecule has 0 saturated heterocycles. The van der Waals surface area contributed by atoms with Gasteiger partial charge < -0.3 is 10.0 Å². The number of rotatable bonds is 5. The van der Waals surface area contributed by atoms with Gasteiger partial charge >= 0.3 is 5.97 Å². The van der Waals surface area contributed by atoms with Gasteiger partial charge in [-0.2, -0.15) is 0 Å². The average molecular weight is 288 g/mol. The second-order valence-electron chi connectivity index (χ2n) is 4.48. The SMILES string of the molecule is Cc1nc(CN(C)c2ccc(C=CC(=O)O)cc2)cs1. The number of nitrogens with zero attached hydrogens (tertiary/aromatic N) is 2. The van der Waals surface area contributed by atoms with Crippen molar-refractivity contribution in [2.24, 2.45) is 0 Å². The van der Waals surface area contributed by atoms with Crippen molar-refractivity contribution in [1.29, 1.82) is 0 Å². The van der Waals surface area contributed by atoms with Gasteiger partial charge in [-0.1, -0.05) is 12.1 Å². The summed E-state index contributed by atoms with van der Waals surface area (Å²) in [5.74, 6) is -0.940. The van der Waals surface area contributed by atoms with Gasteiger partial charge in [0.2, 0.25) is 0 Å². The molecule has 0 bridgehead atoms. The van der Waals surface area contributed by atoms with Gasteiger partial charge in [0.1, 0.15) is 0 Å². The third kappa shape index (κ3) is 3.93. The van der Waals surface area contributed by atoms with E-state index in [2.05, 4.69) is 15.3 Å². The van der Waals surface area contributed by atoms with Crippen LogP contribution >= 0.6 is 11.3 Å². The molecule has 2 rings (SSSR count). The van der Waals surface area contributed by atoms with Crippen molar-refractivity contribution in [3.05, 3.63) is 52.0 Å². The molecule has 0 amide bonds. The van der Waals surface area contributed by atoms with Crippen LogP contribution < -0.4 is 4.90 Å². The molecule has 0 spiro atoms. The fraction of sp³-hybridized carbons (Fsp3) is 0.200. The van der Waals surface area contributed by atoms with Crippen molar-refractivity contribution in [3.63, 3.8) is 0 Å². The number of thiazole rings is 1. The highest BCUT2D eigenvalue weighted by molar-refractivity contribution is 7.09. The zero-order chi connectivity index (χ0) is 14.5. The molecule has 104 valence electrons. The molecule has 0 unspecified atom stereocenters. The summed E-state index contributed by atoms with van der Waals surface area (Å²) >= 11 is 1.65. The molecular formula is C15H16N2O2S. The number of aryl methyl sites for hydroxylation is 1. The highest BCUT2D eigenvalue weighted by Gasteiger charge is 2.04. The van der Waals surface area contributed by atoms with E-state index in [9.17, 15) is 4.79 Å². The summed E-state index contributed by atoms with van der Waals surface area (Å²) in [6.07, 6.45) is 2.71. The van der Waals surface area contributed by atoms with Gasteiger partial charge in [0, 0.05) is 24.2 Å². The van der Waals surface area contributed by atoms with Crippen LogP contribution in [0, 0.1) is 6.92 Å². The van der Waals surface area contributed by atoms with Crippen molar-refractivity contribution in [2.45, 2.75) is 13.5 Å². The largest absolute Gasteiger partial charge is 0.478 e. The number of carboxylic acid groups (broad SMARTS) is 1. The zero-order valence-electron chi connectivity index (χ0n) is 11.4. The topological polar surface area (TPSA) is 53.4 Å². The van der Waals surface area contributed by atoms with Crippen molar-refractivity contribution in [1.82, 2.24) is 4.98 Å². The van der Waals surface area contributed by atoms with E-state index in [1.165, 1.54) is 0 Å². The zero-order valence-corrected chi connectivity index (χ0v) is 12.2. The van der Waals surface area contributed by atoms with Crippen molar-refractivity contribution >= 4 is 29.1 Å². The first-order valence-electron chi connectivity index (χ1n) is 6.18. The van der Waals surface area contributed by atoms with Crippen LogP contribution in [0.2, 0.25) is 0 Å². The predicted octanol–water partition coefficient (Wildman–Crippen LogP) is 3.19. The lowest BCUT2D eigenvalue weighted by atomic mass is 10.2. The maximum absolute atomic E-state index is 10.5. The Hall–Kier alpha value is -2.14. The lowest BCUT2D eigenvalue weighted by Gasteiger charge is -2.18. The molecule has 0 saturated carbocycles. The van der Waals surface area contributed by atoms with E-state index < -0.39 is 5.97 Å². The Morgan fingerprint density at radius 3 is 2.65 bits per heavy atom. The van der Waals surface area contributed by atoms with Crippen LogP contribution in [0.5, 0.6) is 0 Å². The smallest absolute Gasteiger partial charge is 0.328 e. The van der Waals surface area contributed by atoms with Crippen LogP contribution in [0.15, 0.2) is 35.7 Å². The quantitative estimate of drug-likeness (QED) is 0.859. The molecule has 5 heteroatoms. The van der Waals surface area contributed by atoms with E-state index in [1.54, 1.807) is 17.4 Å². The fourth-order valence-electron chi connectivity index (χ4n) is 1.82. The molecule has 1 heterocycles. The summed E-state index contributed by atoms with van der Waals surface area (Å²) in [7, 11) is 2.01. The molecule has 1 N–H and O–H groups in total. The molecule has 20 heavy (non-hydrogen) atoms. The van der Waals surface area contributed by atoms with Crippen LogP contribution in [0.1, 0.15) is 16.3 Å². The number of benzene rings is 1. The Morgan fingerprint density at radius 2 is 2.10 bits per heavy atom. The van der Waals surface area contributed by atoms with Gasteiger partial charge in [0.25, 0.3) is 0 Å². The molecular weight excluding hydrogens is 272 g/mol. The number of carboxylic acids is 1. The Bertz CT molecular complexity index is 617. The minimum atomic E-state index is -0.940. The van der Waals surface area contributed by atoms with Crippen molar-refractivity contribution in [2.75, 3.05) is 11.9 Å². The third-order valence-corrected chi connectivity index (χ3v) is 3.64. The van der Waals surface area contributed by atoms with Gasteiger partial charge in [-0.3, -0.25) is 0 Å². The summed E-state index contributed by atoms with van der Waals surface area (Å²) in [5, 5.41) is 11.7. The lowest BCUT2D eigenvalue weighted by molar-refractivity contribution is -0.131. The Morgan fingerprint density at radius 1 is 1.40 bits per heavy atom. The molecule has 0 radical (unpaired) electrons. The number of hydrogen-bond acceptors (Lipinski definition) is 4. The van der Waals surface area contributed by atoms with E-state index >= 15 is 0 Å². The minimum Gasteiger partial charge on any atom is -0.478 e. The van der Waals surface area contributed by atoms with E-state index in [-0.39, 0.29) is 0 Å². The van der Waals surface area contributed by atoms with E-state index in [1.807, 2.05) is 38.2 Å². The average Bonchev–Trinajstić information content (AvgIpc) is 2.82. The number of anilines is 1. The van der Waals surface area contributed by atoms with Gasteiger partial charge in [-0.15, -0.1) is 11.3 Å². The fourth-order valence-corrected chi connectivity index (χ4v) is 2.43. The summed E-state index contributed by atoms with van der Waals surface area (Å²) < 4.78 is 0. The highest BCUT2D eigenvalue weighted by Crippen LogP contribution is 2.18. The Balaban J connectivity index is 2.03. The maximum Gasteiger partial charge on any atom is 0.328 e. The van der Waals surface area contributed by atoms with Crippen LogP contribution in [0.3, 0.4) is 0 Å². The van der Waals surface area contributed by atoms with Crippen molar-refractivity contribution < 1.29 is 9.90 Å². The second kappa shape index (κ2) is 6.34. The number of aliphatic carboxylic acids is 1. The van der Waals surface area contributed by atoms with Crippen LogP contribution in [-0.2, 0) is 11.3 Å². The van der Waals surface area contributed by atoms with Gasteiger partial charge in [-0.25, -0.2) is 9.78 Å². The van der Waals surface area contributed by atoms with Crippen LogP contribution in [0.25, 0.3) is 6.08 Å². The minimum absolute atomic E-state index is 0.759. The van der Waals surface area contributed by atoms with E-state index in [4.69, 9.17) is 5.11 Å². The molecule has 0 aliphatic heterocycles. The first-order valence-corrected chi connectivity index (χ1v) is 7.06. The predicted molar refractivity (Wildman–Crippen MR) is 82.1 cm³/mol. The standard InChI is InChI=1S/C15H16N2O2S/c1-11-16-13(10-20-11)9-17(2)14-6-3-12(4-7-14)5-8-15(18)19/h3-8,10H,9H2,1-2H3,(H,18,19). The maximum atomic E-state index is 10.5. The number of aromatic nitrogens is 1. The molecule has 0 atom stereocenters. The molecule has 1 aromatic heterocycles. The molecule has 0 aliphatic carbocycles. The summed E-state index contributed by atoms with van der Waals surface area (Å²) in [6.45, 7) is 2.76. The van der Waals surface area contributed by atoms with Crippen molar-refractivity contribution in [3.8, 4) is 0 Å². The number of carbonyl (C=O) groups is 1. The Labute approximate surface area is 122 Å². The van der Waals surface area contributed by atoms with Crippen LogP contribution in [0.4, 0.5) is 5.69 Å². The first kappa shape index (κ1) is 14.3. The van der Waals surface area contributed by atoms with Gasteiger partial charge in [0.15, 0.2) is 0 Å². The molecule has 1 aromatic carbocycles. The van der Waals surface area contributed by atoms with Crippen LogP contribution in [-0.4, -0.2) is 23.1 Å². The first-order chi connectivity index (χ1) is 9.54. The highest BCUT2D eigenvalue weighted by atomic mass is 32.1. The second-order valence-corrected chi connectivity index (χ2v) is 5.54. The molecule has 0 aliphatic rings. The monoisotopic (exact) mass is 288 g/mol. The lowest BCUT2D eigenvalue weighted by Crippen LogP contribution is -2.16. The van der Waals surface area contributed by atoms with E-state index in [0.29, 0.717) is 0 Å². The molecule has 2 aromatic rings. The normalized spacial score (nSPS) is 10.9. The summed E-state index contributed by atoms with van der Waals surface area (Å²) in [5.41, 5.74) is 3.00. The van der Waals surface area contributed by atoms with E-state index in [0.717, 1.165) is 34.6 Å². The summed E-state index contributed by atoms with van der Waals surface area (Å²) in [6, 6.07) is 7.75. The molecule has 0 fully saturated rings.